The molecule has 1 fully saturated rings. The molecule has 94 valence electrons. The molecular formula is C13H20N2OS. The van der Waals surface area contributed by atoms with Gasteiger partial charge in [0.15, 0.2) is 0 Å². The summed E-state index contributed by atoms with van der Waals surface area (Å²) < 4.78 is 5.42. The first-order chi connectivity index (χ1) is 8.38. The maximum Gasteiger partial charge on any atom is 0.0963 e. The quantitative estimate of drug-likeness (QED) is 0.879. The Hall–Kier alpha value is -0.450. The van der Waals surface area contributed by atoms with E-state index < -0.39 is 0 Å². The number of nitrogens with zero attached hydrogens (tertiary/aromatic N) is 1. The highest BCUT2D eigenvalue weighted by molar-refractivity contribution is 7.11. The molecule has 1 aliphatic carbocycles. The van der Waals surface area contributed by atoms with Gasteiger partial charge in [-0.15, -0.1) is 11.3 Å². The summed E-state index contributed by atoms with van der Waals surface area (Å²) in [4.78, 5) is 6.42. The van der Waals surface area contributed by atoms with E-state index in [0.29, 0.717) is 11.8 Å². The third kappa shape index (κ3) is 2.26. The summed E-state index contributed by atoms with van der Waals surface area (Å²) in [5.74, 6) is 1.15. The molecule has 1 aromatic heterocycles. The van der Waals surface area contributed by atoms with E-state index >= 15 is 0 Å². The van der Waals surface area contributed by atoms with Crippen molar-refractivity contribution in [2.24, 2.45) is 5.73 Å². The summed E-state index contributed by atoms with van der Waals surface area (Å²) in [5.41, 5.74) is 7.17. The molecule has 1 saturated heterocycles. The van der Waals surface area contributed by atoms with E-state index in [1.165, 1.54) is 34.8 Å². The predicted molar refractivity (Wildman–Crippen MR) is 69.6 cm³/mol. The summed E-state index contributed by atoms with van der Waals surface area (Å²) in [6, 6.07) is 0. The topological polar surface area (TPSA) is 48.1 Å². The number of aromatic nitrogens is 1. The van der Waals surface area contributed by atoms with Crippen LogP contribution in [0.25, 0.3) is 0 Å². The molecule has 2 N–H and O–H groups in total. The summed E-state index contributed by atoms with van der Waals surface area (Å²) in [7, 11) is 0. The van der Waals surface area contributed by atoms with Crippen LogP contribution in [0, 0.1) is 0 Å². The predicted octanol–water partition coefficient (Wildman–Crippen LogP) is 2.42. The molecule has 1 aliphatic heterocycles. The van der Waals surface area contributed by atoms with E-state index in [2.05, 4.69) is 0 Å². The normalized spacial score (nSPS) is 25.8. The lowest BCUT2D eigenvalue weighted by Gasteiger charge is -2.20. The van der Waals surface area contributed by atoms with Gasteiger partial charge in [-0.1, -0.05) is 0 Å². The van der Waals surface area contributed by atoms with Crippen LogP contribution in [0.3, 0.4) is 0 Å². The number of fused-ring (bicyclic) bond motifs is 1. The van der Waals surface area contributed by atoms with Crippen LogP contribution in [-0.2, 0) is 11.2 Å². The summed E-state index contributed by atoms with van der Waals surface area (Å²) in [6.45, 7) is 2.55. The minimum Gasteiger partial charge on any atom is -0.381 e. The molecule has 1 atom stereocenters. The molecule has 3 rings (SSSR count). The number of ether oxygens (including phenoxy) is 1. The van der Waals surface area contributed by atoms with Crippen molar-refractivity contribution in [3.05, 3.63) is 15.6 Å². The minimum atomic E-state index is 0.517. The van der Waals surface area contributed by atoms with E-state index in [4.69, 9.17) is 15.5 Å². The minimum absolute atomic E-state index is 0.517. The van der Waals surface area contributed by atoms with Crippen LogP contribution < -0.4 is 5.73 Å². The summed E-state index contributed by atoms with van der Waals surface area (Å²) in [5, 5.41) is 1.35. The molecule has 0 aromatic carbocycles. The molecule has 17 heavy (non-hydrogen) atoms. The van der Waals surface area contributed by atoms with Gasteiger partial charge in [0.25, 0.3) is 0 Å². The molecule has 2 aliphatic rings. The Kier molecular flexibility index (Phi) is 3.45. The number of aryl methyl sites for hydroxylation is 1. The van der Waals surface area contributed by atoms with Crippen LogP contribution in [0.4, 0.5) is 0 Å². The molecule has 0 bridgehead atoms. The van der Waals surface area contributed by atoms with Crippen LogP contribution >= 0.6 is 11.3 Å². The van der Waals surface area contributed by atoms with Crippen molar-refractivity contribution in [2.75, 3.05) is 19.8 Å². The molecule has 3 nitrogen and oxygen atoms in total. The zero-order chi connectivity index (χ0) is 11.7. The van der Waals surface area contributed by atoms with E-state index in [1.807, 2.05) is 11.3 Å². The summed E-state index contributed by atoms with van der Waals surface area (Å²) >= 11 is 1.94. The molecule has 0 amide bonds. The Morgan fingerprint density at radius 1 is 1.29 bits per heavy atom. The highest BCUT2D eigenvalue weighted by atomic mass is 32.1. The van der Waals surface area contributed by atoms with E-state index in [9.17, 15) is 0 Å². The number of rotatable bonds is 2. The van der Waals surface area contributed by atoms with Crippen LogP contribution in [0.2, 0.25) is 0 Å². The van der Waals surface area contributed by atoms with E-state index in [-0.39, 0.29) is 0 Å². The van der Waals surface area contributed by atoms with Crippen molar-refractivity contribution < 1.29 is 4.74 Å². The SMILES string of the molecule is NCC1CCCc2sc(C3CCOCC3)nc21. The first-order valence-electron chi connectivity index (χ1n) is 6.65. The first kappa shape index (κ1) is 11.6. The maximum atomic E-state index is 5.85. The van der Waals surface area contributed by atoms with Crippen molar-refractivity contribution in [1.82, 2.24) is 4.98 Å². The maximum absolute atomic E-state index is 5.85. The van der Waals surface area contributed by atoms with Gasteiger partial charge in [0.2, 0.25) is 0 Å². The molecule has 0 spiro atoms. The second-order valence-corrected chi connectivity index (χ2v) is 6.19. The molecule has 1 unspecified atom stereocenters. The summed E-state index contributed by atoms with van der Waals surface area (Å²) in [6.07, 6.45) is 6.00. The number of thiazole rings is 1. The molecule has 4 heteroatoms. The van der Waals surface area contributed by atoms with Gasteiger partial charge in [0.1, 0.15) is 0 Å². The van der Waals surface area contributed by atoms with Gasteiger partial charge in [0.05, 0.1) is 10.7 Å². The Labute approximate surface area is 106 Å². The van der Waals surface area contributed by atoms with E-state index in [0.717, 1.165) is 32.6 Å². The Bertz CT molecular complexity index is 385. The molecule has 1 aromatic rings. The molecule has 0 saturated carbocycles. The van der Waals surface area contributed by atoms with Crippen LogP contribution in [0.1, 0.15) is 53.1 Å². The highest BCUT2D eigenvalue weighted by Crippen LogP contribution is 2.38. The Morgan fingerprint density at radius 2 is 2.12 bits per heavy atom. The fraction of sp³-hybridized carbons (Fsp3) is 0.769. The third-order valence-electron chi connectivity index (χ3n) is 3.94. The van der Waals surface area contributed by atoms with Gasteiger partial charge in [-0.3, -0.25) is 0 Å². The van der Waals surface area contributed by atoms with Gasteiger partial charge in [-0.05, 0) is 32.1 Å². The fourth-order valence-corrected chi connectivity index (χ4v) is 4.24. The van der Waals surface area contributed by atoms with Crippen molar-refractivity contribution in [1.29, 1.82) is 0 Å². The number of hydrogen-bond donors (Lipinski definition) is 1. The third-order valence-corrected chi connectivity index (χ3v) is 5.24. The standard InChI is InChI=1S/C13H20N2OS/c14-8-10-2-1-3-11-12(10)15-13(17-11)9-4-6-16-7-5-9/h9-10H,1-8,14H2. The van der Waals surface area contributed by atoms with Gasteiger partial charge < -0.3 is 10.5 Å². The zero-order valence-electron chi connectivity index (χ0n) is 10.2. The highest BCUT2D eigenvalue weighted by Gasteiger charge is 2.27. The number of hydrogen-bond acceptors (Lipinski definition) is 4. The number of nitrogens with two attached hydrogens (primary N) is 1. The fourth-order valence-electron chi connectivity index (χ4n) is 2.87. The smallest absolute Gasteiger partial charge is 0.0963 e. The second-order valence-electron chi connectivity index (χ2n) is 5.07. The monoisotopic (exact) mass is 252 g/mol. The van der Waals surface area contributed by atoms with E-state index in [1.54, 1.807) is 0 Å². The first-order valence-corrected chi connectivity index (χ1v) is 7.47. The van der Waals surface area contributed by atoms with Crippen LogP contribution in [0.5, 0.6) is 0 Å². The van der Waals surface area contributed by atoms with Crippen molar-refractivity contribution in [2.45, 2.75) is 43.9 Å². The van der Waals surface area contributed by atoms with Crippen molar-refractivity contribution in [3.63, 3.8) is 0 Å². The Morgan fingerprint density at radius 3 is 2.88 bits per heavy atom. The molecular weight excluding hydrogens is 232 g/mol. The van der Waals surface area contributed by atoms with Gasteiger partial charge in [-0.25, -0.2) is 4.98 Å². The Balaban J connectivity index is 1.84. The average Bonchev–Trinajstić information content (AvgIpc) is 2.83. The van der Waals surface area contributed by atoms with Crippen molar-refractivity contribution >= 4 is 11.3 Å². The molecule has 2 heterocycles. The molecule has 0 radical (unpaired) electrons. The van der Waals surface area contributed by atoms with Gasteiger partial charge in [-0.2, -0.15) is 0 Å². The zero-order valence-corrected chi connectivity index (χ0v) is 11.0. The lowest BCUT2D eigenvalue weighted by atomic mass is 9.91. The van der Waals surface area contributed by atoms with Crippen molar-refractivity contribution in [3.8, 4) is 0 Å². The lowest BCUT2D eigenvalue weighted by molar-refractivity contribution is 0.0852. The second kappa shape index (κ2) is 5.04. The van der Waals surface area contributed by atoms with Crippen LogP contribution in [-0.4, -0.2) is 24.7 Å². The largest absolute Gasteiger partial charge is 0.381 e. The average molecular weight is 252 g/mol. The van der Waals surface area contributed by atoms with Gasteiger partial charge in [0, 0.05) is 36.5 Å². The van der Waals surface area contributed by atoms with Gasteiger partial charge >= 0.3 is 0 Å². The lowest BCUT2D eigenvalue weighted by Crippen LogP contribution is -2.18. The van der Waals surface area contributed by atoms with Crippen LogP contribution in [0.15, 0.2) is 0 Å².